The number of H-pyrrole nitrogens is 1. The largest absolute Gasteiger partial charge is 0.497 e. The van der Waals surface area contributed by atoms with Gasteiger partial charge in [-0.1, -0.05) is 29.3 Å². The number of methoxy groups -OCH3 is 2. The molecule has 136 valence electrons. The van der Waals surface area contributed by atoms with Gasteiger partial charge in [0.25, 0.3) is 5.56 Å². The maximum atomic E-state index is 12.5. The summed E-state index contributed by atoms with van der Waals surface area (Å²) in [5.41, 5.74) is 1.62. The van der Waals surface area contributed by atoms with E-state index in [1.807, 2.05) is 6.07 Å². The number of pyridine rings is 1. The van der Waals surface area contributed by atoms with Gasteiger partial charge in [-0.15, -0.1) is 0 Å². The van der Waals surface area contributed by atoms with Gasteiger partial charge in [-0.05, 0) is 42.0 Å². The van der Waals surface area contributed by atoms with Crippen molar-refractivity contribution in [3.63, 3.8) is 0 Å². The Hall–Kier alpha value is -2.94. The highest BCUT2D eigenvalue weighted by molar-refractivity contribution is 6.42. The van der Waals surface area contributed by atoms with E-state index >= 15 is 0 Å². The van der Waals surface area contributed by atoms with Gasteiger partial charge in [0.15, 0.2) is 0 Å². The second-order valence-electron chi connectivity index (χ2n) is 5.61. The molecule has 0 atom stereocenters. The maximum absolute atomic E-state index is 12.5. The average molecular weight is 401 g/mol. The lowest BCUT2D eigenvalue weighted by atomic mass is 9.98. The number of halogens is 2. The number of hydrogen-bond acceptors (Lipinski definition) is 4. The summed E-state index contributed by atoms with van der Waals surface area (Å²) in [6.07, 6.45) is 0. The Morgan fingerprint density at radius 3 is 2.37 bits per heavy atom. The number of aromatic nitrogens is 1. The number of benzene rings is 2. The number of nitrogens with zero attached hydrogens (tertiary/aromatic N) is 1. The van der Waals surface area contributed by atoms with E-state index in [-0.39, 0.29) is 5.56 Å². The lowest BCUT2D eigenvalue weighted by Crippen LogP contribution is -2.13. The third kappa shape index (κ3) is 3.63. The van der Waals surface area contributed by atoms with Gasteiger partial charge < -0.3 is 14.5 Å². The van der Waals surface area contributed by atoms with Gasteiger partial charge in [0, 0.05) is 16.8 Å². The molecule has 0 amide bonds. The Morgan fingerprint density at radius 2 is 1.74 bits per heavy atom. The van der Waals surface area contributed by atoms with Crippen molar-refractivity contribution in [3.8, 4) is 40.0 Å². The highest BCUT2D eigenvalue weighted by Crippen LogP contribution is 2.36. The second-order valence-corrected chi connectivity index (χ2v) is 6.42. The summed E-state index contributed by atoms with van der Waals surface area (Å²) in [6, 6.07) is 13.9. The fraction of sp³-hybridized carbons (Fsp3) is 0.100. The van der Waals surface area contributed by atoms with Gasteiger partial charge in [-0.3, -0.25) is 4.79 Å². The minimum atomic E-state index is -0.513. The molecule has 27 heavy (non-hydrogen) atoms. The van der Waals surface area contributed by atoms with E-state index < -0.39 is 5.56 Å². The predicted molar refractivity (Wildman–Crippen MR) is 106 cm³/mol. The first kappa shape index (κ1) is 18.8. The van der Waals surface area contributed by atoms with Crippen LogP contribution in [-0.4, -0.2) is 19.2 Å². The van der Waals surface area contributed by atoms with Crippen molar-refractivity contribution >= 4 is 23.2 Å². The number of aromatic amines is 1. The topological polar surface area (TPSA) is 75.1 Å². The first-order chi connectivity index (χ1) is 13.0. The summed E-state index contributed by atoms with van der Waals surface area (Å²) in [7, 11) is 3.06. The van der Waals surface area contributed by atoms with Crippen LogP contribution in [-0.2, 0) is 0 Å². The van der Waals surface area contributed by atoms with Crippen molar-refractivity contribution in [1.82, 2.24) is 4.98 Å². The molecule has 1 aromatic heterocycles. The molecule has 0 bridgehead atoms. The van der Waals surface area contributed by atoms with Crippen LogP contribution in [0, 0.1) is 11.3 Å². The van der Waals surface area contributed by atoms with Crippen LogP contribution in [0.5, 0.6) is 11.5 Å². The molecule has 0 aliphatic heterocycles. The SMILES string of the molecule is COc1ccc(OC)c(-c2cc(-c3ccc(Cl)c(Cl)c3)[nH]c(=O)c2C#N)c1. The Morgan fingerprint density at radius 1 is 0.963 bits per heavy atom. The number of nitriles is 1. The molecule has 2 aromatic carbocycles. The van der Waals surface area contributed by atoms with Gasteiger partial charge in [-0.25, -0.2) is 0 Å². The van der Waals surface area contributed by atoms with Crippen molar-refractivity contribution in [2.75, 3.05) is 14.2 Å². The first-order valence-electron chi connectivity index (χ1n) is 7.83. The quantitative estimate of drug-likeness (QED) is 0.675. The van der Waals surface area contributed by atoms with Crippen LogP contribution >= 0.6 is 23.2 Å². The van der Waals surface area contributed by atoms with E-state index in [1.54, 1.807) is 42.5 Å². The molecule has 0 saturated carbocycles. The summed E-state index contributed by atoms with van der Waals surface area (Å²) >= 11 is 12.1. The molecule has 1 heterocycles. The zero-order valence-corrected chi connectivity index (χ0v) is 16.0. The lowest BCUT2D eigenvalue weighted by Gasteiger charge is -2.13. The monoisotopic (exact) mass is 400 g/mol. The van der Waals surface area contributed by atoms with Crippen LogP contribution in [0.1, 0.15) is 5.56 Å². The van der Waals surface area contributed by atoms with Crippen LogP contribution in [0.3, 0.4) is 0 Å². The highest BCUT2D eigenvalue weighted by Gasteiger charge is 2.17. The molecular weight excluding hydrogens is 387 g/mol. The Bertz CT molecular complexity index is 1120. The molecule has 1 N–H and O–H groups in total. The van der Waals surface area contributed by atoms with E-state index in [0.717, 1.165) is 0 Å². The highest BCUT2D eigenvalue weighted by atomic mass is 35.5. The fourth-order valence-corrected chi connectivity index (χ4v) is 3.02. The normalized spacial score (nSPS) is 10.3. The summed E-state index contributed by atoms with van der Waals surface area (Å²) in [4.78, 5) is 15.2. The van der Waals surface area contributed by atoms with Crippen molar-refractivity contribution in [2.24, 2.45) is 0 Å². The van der Waals surface area contributed by atoms with E-state index in [2.05, 4.69) is 4.98 Å². The Balaban J connectivity index is 2.30. The Kier molecular flexibility index (Phi) is 5.41. The number of ether oxygens (including phenoxy) is 2. The van der Waals surface area contributed by atoms with Crippen molar-refractivity contribution in [2.45, 2.75) is 0 Å². The minimum absolute atomic E-state index is 0.0228. The minimum Gasteiger partial charge on any atom is -0.497 e. The van der Waals surface area contributed by atoms with Crippen LogP contribution in [0.15, 0.2) is 47.3 Å². The van der Waals surface area contributed by atoms with E-state index in [0.29, 0.717) is 43.9 Å². The summed E-state index contributed by atoms with van der Waals surface area (Å²) in [6.45, 7) is 0. The van der Waals surface area contributed by atoms with Gasteiger partial charge in [0.2, 0.25) is 0 Å². The average Bonchev–Trinajstić information content (AvgIpc) is 2.68. The second kappa shape index (κ2) is 7.75. The van der Waals surface area contributed by atoms with Crippen molar-refractivity contribution < 1.29 is 9.47 Å². The predicted octanol–water partition coefficient (Wildman–Crippen LogP) is 4.90. The summed E-state index contributed by atoms with van der Waals surface area (Å²) in [5, 5.41) is 10.3. The van der Waals surface area contributed by atoms with E-state index in [1.165, 1.54) is 14.2 Å². The zero-order valence-electron chi connectivity index (χ0n) is 14.5. The van der Waals surface area contributed by atoms with Crippen LogP contribution in [0.4, 0.5) is 0 Å². The Labute approximate surface area is 165 Å². The van der Waals surface area contributed by atoms with Crippen molar-refractivity contribution in [1.29, 1.82) is 5.26 Å². The molecule has 0 aliphatic rings. The van der Waals surface area contributed by atoms with Crippen LogP contribution in [0.25, 0.3) is 22.4 Å². The van der Waals surface area contributed by atoms with Crippen molar-refractivity contribution in [3.05, 3.63) is 68.4 Å². The fourth-order valence-electron chi connectivity index (χ4n) is 2.73. The third-order valence-electron chi connectivity index (χ3n) is 4.07. The number of nitrogens with one attached hydrogen (secondary N) is 1. The molecular formula is C20H14Cl2N2O3. The zero-order chi connectivity index (χ0) is 19.6. The maximum Gasteiger partial charge on any atom is 0.266 e. The molecule has 0 saturated heterocycles. The van der Waals surface area contributed by atoms with Gasteiger partial charge in [0.1, 0.15) is 23.1 Å². The van der Waals surface area contributed by atoms with Gasteiger partial charge in [-0.2, -0.15) is 5.26 Å². The summed E-state index contributed by atoms with van der Waals surface area (Å²) < 4.78 is 10.7. The molecule has 5 nitrogen and oxygen atoms in total. The molecule has 3 aromatic rings. The molecule has 0 radical (unpaired) electrons. The number of hydrogen-bond donors (Lipinski definition) is 1. The standard InChI is InChI=1S/C20H14Cl2N2O3/c1-26-12-4-6-19(27-2)14(8-12)13-9-18(24-20(25)15(13)10-23)11-3-5-16(21)17(22)7-11/h3-9H,1-2H3,(H,24,25). The molecule has 0 aliphatic carbocycles. The van der Waals surface area contributed by atoms with Crippen LogP contribution in [0.2, 0.25) is 10.0 Å². The third-order valence-corrected chi connectivity index (χ3v) is 4.81. The first-order valence-corrected chi connectivity index (χ1v) is 8.59. The molecule has 0 spiro atoms. The molecule has 7 heteroatoms. The molecule has 3 rings (SSSR count). The lowest BCUT2D eigenvalue weighted by molar-refractivity contribution is 0.404. The molecule has 0 fully saturated rings. The van der Waals surface area contributed by atoms with Crippen LogP contribution < -0.4 is 15.0 Å². The smallest absolute Gasteiger partial charge is 0.266 e. The van der Waals surface area contributed by atoms with Gasteiger partial charge in [0.05, 0.1) is 24.3 Å². The summed E-state index contributed by atoms with van der Waals surface area (Å²) in [5.74, 6) is 1.09. The van der Waals surface area contributed by atoms with Gasteiger partial charge >= 0.3 is 0 Å². The van der Waals surface area contributed by atoms with E-state index in [4.69, 9.17) is 32.7 Å². The number of rotatable bonds is 4. The molecule has 0 unspecified atom stereocenters. The van der Waals surface area contributed by atoms with E-state index in [9.17, 15) is 10.1 Å².